The monoisotopic (exact) mass is 496 g/mol. The SMILES string of the molecule is CN1Cc2ccccc2CC1CN1CCN(c2ccc(C(N)=O)c(Oc3cnc4[nH]ccc4c3)c2)CC1. The van der Waals surface area contributed by atoms with Crippen molar-refractivity contribution in [1.29, 1.82) is 0 Å². The zero-order chi connectivity index (χ0) is 25.4. The molecule has 190 valence electrons. The number of hydrogen-bond acceptors (Lipinski definition) is 6. The van der Waals surface area contributed by atoms with Crippen LogP contribution >= 0.6 is 0 Å². The molecule has 37 heavy (non-hydrogen) atoms. The maximum absolute atomic E-state index is 12.1. The topological polar surface area (TPSA) is 90.7 Å². The van der Waals surface area contributed by atoms with Crippen molar-refractivity contribution in [3.05, 3.63) is 83.7 Å². The lowest BCUT2D eigenvalue weighted by atomic mass is 9.94. The Morgan fingerprint density at radius 2 is 1.89 bits per heavy atom. The minimum Gasteiger partial charge on any atom is -0.455 e. The number of aromatic amines is 1. The number of likely N-dealkylation sites (N-methyl/N-ethyl adjacent to an activating group) is 1. The van der Waals surface area contributed by atoms with Crippen LogP contribution < -0.4 is 15.4 Å². The Bertz CT molecular complexity index is 1420. The molecule has 1 fully saturated rings. The Balaban J connectivity index is 1.13. The fourth-order valence-electron chi connectivity index (χ4n) is 5.51. The van der Waals surface area contributed by atoms with Crippen molar-refractivity contribution < 1.29 is 9.53 Å². The third-order valence-electron chi connectivity index (χ3n) is 7.66. The second kappa shape index (κ2) is 9.88. The number of benzene rings is 2. The molecule has 2 aromatic carbocycles. The largest absolute Gasteiger partial charge is 0.455 e. The van der Waals surface area contributed by atoms with Gasteiger partial charge in [0, 0.05) is 68.6 Å². The summed E-state index contributed by atoms with van der Waals surface area (Å²) >= 11 is 0. The van der Waals surface area contributed by atoms with Gasteiger partial charge in [-0.15, -0.1) is 0 Å². The number of ether oxygens (including phenoxy) is 1. The number of aromatic nitrogens is 2. The van der Waals surface area contributed by atoms with Gasteiger partial charge in [0.25, 0.3) is 5.91 Å². The van der Waals surface area contributed by atoms with Crippen molar-refractivity contribution in [3.8, 4) is 11.5 Å². The average molecular weight is 497 g/mol. The van der Waals surface area contributed by atoms with E-state index in [2.05, 4.69) is 56.0 Å². The first-order chi connectivity index (χ1) is 18.0. The van der Waals surface area contributed by atoms with Crippen LogP contribution in [0.25, 0.3) is 11.0 Å². The molecule has 2 aliphatic heterocycles. The van der Waals surface area contributed by atoms with Crippen LogP contribution in [0.15, 0.2) is 67.0 Å². The molecule has 4 heterocycles. The molecule has 0 spiro atoms. The molecule has 6 rings (SSSR count). The van der Waals surface area contributed by atoms with Crippen molar-refractivity contribution in [1.82, 2.24) is 19.8 Å². The summed E-state index contributed by atoms with van der Waals surface area (Å²) in [6.45, 7) is 5.91. The Labute approximate surface area is 216 Å². The van der Waals surface area contributed by atoms with Crippen LogP contribution in [0.5, 0.6) is 11.5 Å². The third kappa shape index (κ3) is 4.90. The molecule has 8 heteroatoms. The zero-order valence-corrected chi connectivity index (χ0v) is 21.1. The van der Waals surface area contributed by atoms with E-state index in [1.807, 2.05) is 30.5 Å². The van der Waals surface area contributed by atoms with Crippen molar-refractivity contribution in [2.45, 2.75) is 19.0 Å². The molecule has 1 unspecified atom stereocenters. The third-order valence-corrected chi connectivity index (χ3v) is 7.66. The molecule has 0 aliphatic carbocycles. The Morgan fingerprint density at radius 1 is 1.08 bits per heavy atom. The summed E-state index contributed by atoms with van der Waals surface area (Å²) in [5.74, 6) is 0.501. The average Bonchev–Trinajstić information content (AvgIpc) is 3.37. The summed E-state index contributed by atoms with van der Waals surface area (Å²) in [6, 6.07) is 18.8. The van der Waals surface area contributed by atoms with Gasteiger partial charge >= 0.3 is 0 Å². The van der Waals surface area contributed by atoms with Gasteiger partial charge in [-0.1, -0.05) is 24.3 Å². The quantitative estimate of drug-likeness (QED) is 0.424. The molecule has 1 amide bonds. The van der Waals surface area contributed by atoms with Crippen LogP contribution in [0, 0.1) is 0 Å². The first-order valence-electron chi connectivity index (χ1n) is 12.8. The minimum atomic E-state index is -0.514. The van der Waals surface area contributed by atoms with Crippen molar-refractivity contribution in [2.75, 3.05) is 44.7 Å². The molecule has 2 aromatic heterocycles. The summed E-state index contributed by atoms with van der Waals surface area (Å²) in [5, 5.41) is 0.942. The van der Waals surface area contributed by atoms with Crippen LogP contribution in [0.1, 0.15) is 21.5 Å². The number of rotatable bonds is 6. The number of fused-ring (bicyclic) bond motifs is 2. The first-order valence-corrected chi connectivity index (χ1v) is 12.8. The van der Waals surface area contributed by atoms with E-state index in [0.29, 0.717) is 23.1 Å². The molecule has 4 aromatic rings. The van der Waals surface area contributed by atoms with Crippen molar-refractivity contribution in [3.63, 3.8) is 0 Å². The Kier molecular flexibility index (Phi) is 6.28. The highest BCUT2D eigenvalue weighted by Gasteiger charge is 2.27. The number of nitrogens with one attached hydrogen (secondary N) is 1. The lowest BCUT2D eigenvalue weighted by Crippen LogP contribution is -2.52. The maximum Gasteiger partial charge on any atom is 0.252 e. The Hall–Kier alpha value is -3.88. The smallest absolute Gasteiger partial charge is 0.252 e. The molecule has 0 bridgehead atoms. The van der Waals surface area contributed by atoms with E-state index in [9.17, 15) is 4.79 Å². The second-order valence-corrected chi connectivity index (χ2v) is 10.1. The second-order valence-electron chi connectivity index (χ2n) is 10.1. The molecule has 1 atom stereocenters. The lowest BCUT2D eigenvalue weighted by Gasteiger charge is -2.41. The summed E-state index contributed by atoms with van der Waals surface area (Å²) in [5.41, 5.74) is 10.8. The van der Waals surface area contributed by atoms with Crippen molar-refractivity contribution >= 4 is 22.6 Å². The molecule has 3 N–H and O–H groups in total. The van der Waals surface area contributed by atoms with Gasteiger partial charge in [-0.3, -0.25) is 14.6 Å². The Morgan fingerprint density at radius 3 is 2.70 bits per heavy atom. The zero-order valence-electron chi connectivity index (χ0n) is 21.1. The van der Waals surface area contributed by atoms with E-state index >= 15 is 0 Å². The van der Waals surface area contributed by atoms with Crippen LogP contribution in [0.2, 0.25) is 0 Å². The number of carbonyl (C=O) groups is 1. The minimum absolute atomic E-state index is 0.358. The van der Waals surface area contributed by atoms with E-state index < -0.39 is 5.91 Å². The highest BCUT2D eigenvalue weighted by molar-refractivity contribution is 5.96. The van der Waals surface area contributed by atoms with Gasteiger partial charge in [-0.05, 0) is 48.9 Å². The summed E-state index contributed by atoms with van der Waals surface area (Å²) < 4.78 is 6.12. The number of nitrogens with two attached hydrogens (primary N) is 1. The summed E-state index contributed by atoms with van der Waals surface area (Å²) in [6.07, 6.45) is 4.59. The maximum atomic E-state index is 12.1. The molecule has 0 radical (unpaired) electrons. The number of hydrogen-bond donors (Lipinski definition) is 2. The standard InChI is InChI=1S/C29H32N6O2/c1-33-18-22-5-3-2-4-20(22)14-24(33)19-34-10-12-35(13-11-34)23-6-7-26(28(30)36)27(16-23)37-25-15-21-8-9-31-29(21)32-17-25/h2-9,15-17,24H,10-14,18-19H2,1H3,(H2,30,36)(H,31,32). The van der Waals surface area contributed by atoms with Crippen LogP contribution in [0.3, 0.4) is 0 Å². The van der Waals surface area contributed by atoms with Crippen molar-refractivity contribution in [2.24, 2.45) is 5.73 Å². The highest BCUT2D eigenvalue weighted by Crippen LogP contribution is 2.31. The van der Waals surface area contributed by atoms with E-state index in [1.54, 1.807) is 12.3 Å². The summed E-state index contributed by atoms with van der Waals surface area (Å²) in [4.78, 5) is 27.0. The van der Waals surface area contributed by atoms with Gasteiger partial charge in [0.1, 0.15) is 17.1 Å². The van der Waals surface area contributed by atoms with Gasteiger partial charge in [0.2, 0.25) is 0 Å². The number of H-pyrrole nitrogens is 1. The van der Waals surface area contributed by atoms with Crippen LogP contribution in [-0.4, -0.2) is 71.5 Å². The van der Waals surface area contributed by atoms with Gasteiger partial charge < -0.3 is 20.4 Å². The van der Waals surface area contributed by atoms with E-state index in [-0.39, 0.29) is 0 Å². The normalized spacial score (nSPS) is 18.6. The van der Waals surface area contributed by atoms with E-state index in [4.69, 9.17) is 10.5 Å². The van der Waals surface area contributed by atoms with Gasteiger partial charge in [0.05, 0.1) is 11.8 Å². The summed E-state index contributed by atoms with van der Waals surface area (Å²) in [7, 11) is 2.24. The molecular formula is C29H32N6O2. The fourth-order valence-corrected chi connectivity index (χ4v) is 5.51. The highest BCUT2D eigenvalue weighted by atomic mass is 16.5. The molecular weight excluding hydrogens is 464 g/mol. The number of carbonyl (C=O) groups excluding carboxylic acids is 1. The van der Waals surface area contributed by atoms with Crippen LogP contribution in [-0.2, 0) is 13.0 Å². The molecule has 8 nitrogen and oxygen atoms in total. The predicted molar refractivity (Wildman–Crippen MR) is 145 cm³/mol. The van der Waals surface area contributed by atoms with Gasteiger partial charge in [-0.25, -0.2) is 4.98 Å². The number of piperazine rings is 1. The van der Waals surface area contributed by atoms with Crippen LogP contribution in [0.4, 0.5) is 5.69 Å². The molecule has 2 aliphatic rings. The predicted octanol–water partition coefficient (Wildman–Crippen LogP) is 3.63. The number of amides is 1. The van der Waals surface area contributed by atoms with E-state index in [0.717, 1.165) is 62.4 Å². The lowest BCUT2D eigenvalue weighted by molar-refractivity contribution is 0.0998. The number of anilines is 1. The fraction of sp³-hybridized carbons (Fsp3) is 0.310. The van der Waals surface area contributed by atoms with Gasteiger partial charge in [-0.2, -0.15) is 0 Å². The molecule has 0 saturated carbocycles. The first kappa shape index (κ1) is 23.5. The van der Waals surface area contributed by atoms with Gasteiger partial charge in [0.15, 0.2) is 0 Å². The number of pyridine rings is 1. The number of primary amides is 1. The molecule has 1 saturated heterocycles. The van der Waals surface area contributed by atoms with E-state index in [1.165, 1.54) is 11.1 Å². The number of nitrogens with zero attached hydrogens (tertiary/aromatic N) is 4.